The lowest BCUT2D eigenvalue weighted by Gasteiger charge is -2.22. The Morgan fingerprint density at radius 1 is 1.26 bits per heavy atom. The number of anilines is 2. The van der Waals surface area contributed by atoms with E-state index in [1.54, 1.807) is 12.1 Å². The van der Waals surface area contributed by atoms with Crippen molar-refractivity contribution in [3.63, 3.8) is 0 Å². The summed E-state index contributed by atoms with van der Waals surface area (Å²) in [5, 5.41) is 0. The molecule has 1 aromatic carbocycles. The molecule has 106 valence electrons. The molecule has 0 amide bonds. The number of nitrogens with two attached hydrogens (primary N) is 1. The predicted octanol–water partition coefficient (Wildman–Crippen LogP) is 2.90. The summed E-state index contributed by atoms with van der Waals surface area (Å²) in [5.41, 5.74) is 7.75. The topological polar surface area (TPSA) is 72.2 Å². The van der Waals surface area contributed by atoms with Crippen molar-refractivity contribution in [3.8, 4) is 0 Å². The molecular weight excluding hydrogens is 260 g/mol. The summed E-state index contributed by atoms with van der Waals surface area (Å²) >= 11 is 0. The zero-order valence-electron chi connectivity index (χ0n) is 11.4. The number of hydrogen-bond donors (Lipinski definition) is 2. The summed E-state index contributed by atoms with van der Waals surface area (Å²) in [5.74, 6) is 0.522. The summed E-state index contributed by atoms with van der Waals surface area (Å²) in [6.07, 6.45) is 5.58. The molecular formula is C14H22N2O2S. The maximum Gasteiger partial charge on any atom is 0.233 e. The van der Waals surface area contributed by atoms with Gasteiger partial charge in [0.05, 0.1) is 11.4 Å². The summed E-state index contributed by atoms with van der Waals surface area (Å²) < 4.78 is 27.0. The van der Waals surface area contributed by atoms with Gasteiger partial charge < -0.3 is 5.73 Å². The van der Waals surface area contributed by atoms with Crippen molar-refractivity contribution in [2.75, 3.05) is 16.2 Å². The van der Waals surface area contributed by atoms with E-state index >= 15 is 0 Å². The fraction of sp³-hybridized carbons (Fsp3) is 0.571. The van der Waals surface area contributed by atoms with Gasteiger partial charge in [-0.2, -0.15) is 0 Å². The third-order valence-corrected chi connectivity index (χ3v) is 5.15. The summed E-state index contributed by atoms with van der Waals surface area (Å²) in [6, 6.07) is 5.27. The van der Waals surface area contributed by atoms with Crippen LogP contribution >= 0.6 is 0 Å². The van der Waals surface area contributed by atoms with E-state index in [0.29, 0.717) is 17.3 Å². The van der Waals surface area contributed by atoms with Gasteiger partial charge in [-0.1, -0.05) is 25.3 Å². The van der Waals surface area contributed by atoms with Gasteiger partial charge in [0.1, 0.15) is 0 Å². The predicted molar refractivity (Wildman–Crippen MR) is 79.6 cm³/mol. The lowest BCUT2D eigenvalue weighted by atomic mass is 9.91. The van der Waals surface area contributed by atoms with Crippen LogP contribution in [0.1, 0.15) is 37.7 Å². The average molecular weight is 282 g/mol. The Morgan fingerprint density at radius 2 is 1.95 bits per heavy atom. The second kappa shape index (κ2) is 5.82. The minimum absolute atomic E-state index is 0.223. The molecule has 0 radical (unpaired) electrons. The first-order valence-corrected chi connectivity index (χ1v) is 8.48. The third-order valence-electron chi connectivity index (χ3n) is 3.71. The molecule has 1 aliphatic carbocycles. The molecule has 1 saturated carbocycles. The van der Waals surface area contributed by atoms with Crippen molar-refractivity contribution in [2.24, 2.45) is 5.92 Å². The number of benzene rings is 1. The lowest BCUT2D eigenvalue weighted by molar-refractivity contribution is 0.385. The van der Waals surface area contributed by atoms with Gasteiger partial charge in [-0.25, -0.2) is 8.42 Å². The van der Waals surface area contributed by atoms with Gasteiger partial charge in [0.2, 0.25) is 10.0 Å². The van der Waals surface area contributed by atoms with E-state index in [4.69, 9.17) is 5.73 Å². The molecule has 19 heavy (non-hydrogen) atoms. The van der Waals surface area contributed by atoms with Crippen LogP contribution in [0.25, 0.3) is 0 Å². The number of nitrogen functional groups attached to an aromatic ring is 1. The van der Waals surface area contributed by atoms with E-state index in [-0.39, 0.29) is 5.75 Å². The first-order valence-electron chi connectivity index (χ1n) is 6.83. The van der Waals surface area contributed by atoms with Crippen molar-refractivity contribution in [3.05, 3.63) is 23.8 Å². The fourth-order valence-corrected chi connectivity index (χ4v) is 4.22. The smallest absolute Gasteiger partial charge is 0.233 e. The van der Waals surface area contributed by atoms with Gasteiger partial charge in [-0.3, -0.25) is 4.72 Å². The Hall–Kier alpha value is -1.23. The van der Waals surface area contributed by atoms with Crippen molar-refractivity contribution in [1.82, 2.24) is 0 Å². The van der Waals surface area contributed by atoms with Gasteiger partial charge in [-0.15, -0.1) is 0 Å². The maximum atomic E-state index is 12.2. The van der Waals surface area contributed by atoms with Crippen LogP contribution in [0.4, 0.5) is 11.4 Å². The summed E-state index contributed by atoms with van der Waals surface area (Å²) in [4.78, 5) is 0. The second-order valence-corrected chi connectivity index (χ2v) is 7.23. The second-order valence-electron chi connectivity index (χ2n) is 5.46. The molecule has 0 atom stereocenters. The lowest BCUT2D eigenvalue weighted by Crippen LogP contribution is -2.24. The normalized spacial score (nSPS) is 17.3. The van der Waals surface area contributed by atoms with Gasteiger partial charge in [0.25, 0.3) is 0 Å². The summed E-state index contributed by atoms with van der Waals surface area (Å²) in [7, 11) is -3.28. The fourth-order valence-electron chi connectivity index (χ4n) is 2.62. The molecule has 0 spiro atoms. The van der Waals surface area contributed by atoms with E-state index in [1.807, 2.05) is 13.0 Å². The van der Waals surface area contributed by atoms with E-state index in [0.717, 1.165) is 31.2 Å². The number of aryl methyl sites for hydroxylation is 1. The van der Waals surface area contributed by atoms with Crippen LogP contribution in [-0.4, -0.2) is 14.2 Å². The molecule has 1 fully saturated rings. The first-order chi connectivity index (χ1) is 8.96. The quantitative estimate of drug-likeness (QED) is 0.834. The number of hydrogen-bond acceptors (Lipinski definition) is 3. The van der Waals surface area contributed by atoms with E-state index in [9.17, 15) is 8.42 Å². The van der Waals surface area contributed by atoms with Crippen molar-refractivity contribution in [2.45, 2.75) is 39.0 Å². The monoisotopic (exact) mass is 282 g/mol. The highest BCUT2D eigenvalue weighted by molar-refractivity contribution is 7.92. The molecule has 2 rings (SSSR count). The van der Waals surface area contributed by atoms with Crippen LogP contribution in [0, 0.1) is 12.8 Å². The molecule has 0 saturated heterocycles. The minimum atomic E-state index is -3.28. The van der Waals surface area contributed by atoms with E-state index in [2.05, 4.69) is 4.72 Å². The van der Waals surface area contributed by atoms with Crippen LogP contribution < -0.4 is 10.5 Å². The highest BCUT2D eigenvalue weighted by Gasteiger charge is 2.21. The standard InChI is InChI=1S/C14H22N2O2S/c1-11-7-8-13(15)9-14(11)16-19(17,18)10-12-5-3-2-4-6-12/h7-9,12,16H,2-6,10,15H2,1H3. The molecule has 3 N–H and O–H groups in total. The Morgan fingerprint density at radius 3 is 2.63 bits per heavy atom. The number of nitrogens with one attached hydrogen (secondary N) is 1. The van der Waals surface area contributed by atoms with Gasteiger partial charge >= 0.3 is 0 Å². The molecule has 5 heteroatoms. The van der Waals surface area contributed by atoms with Crippen molar-refractivity contribution < 1.29 is 8.42 Å². The maximum absolute atomic E-state index is 12.2. The van der Waals surface area contributed by atoms with Crippen LogP contribution in [0.2, 0.25) is 0 Å². The molecule has 0 aromatic heterocycles. The molecule has 0 heterocycles. The Labute approximate surface area is 115 Å². The third kappa shape index (κ3) is 4.13. The highest BCUT2D eigenvalue weighted by atomic mass is 32.2. The zero-order chi connectivity index (χ0) is 13.9. The molecule has 1 aromatic rings. The minimum Gasteiger partial charge on any atom is -0.399 e. The molecule has 0 aliphatic heterocycles. The Kier molecular flexibility index (Phi) is 4.34. The Bertz CT molecular complexity index is 534. The molecule has 0 bridgehead atoms. The first kappa shape index (κ1) is 14.2. The van der Waals surface area contributed by atoms with Crippen LogP contribution in [0.3, 0.4) is 0 Å². The summed E-state index contributed by atoms with van der Waals surface area (Å²) in [6.45, 7) is 1.87. The number of sulfonamides is 1. The van der Waals surface area contributed by atoms with Crippen molar-refractivity contribution >= 4 is 21.4 Å². The van der Waals surface area contributed by atoms with Gasteiger partial charge in [-0.05, 0) is 43.4 Å². The number of rotatable bonds is 4. The Balaban J connectivity index is 2.05. The molecule has 4 nitrogen and oxygen atoms in total. The van der Waals surface area contributed by atoms with Crippen molar-refractivity contribution in [1.29, 1.82) is 0 Å². The average Bonchev–Trinajstić information content (AvgIpc) is 2.34. The van der Waals surface area contributed by atoms with Crippen LogP contribution in [-0.2, 0) is 10.0 Å². The van der Waals surface area contributed by atoms with Crippen LogP contribution in [0.15, 0.2) is 18.2 Å². The van der Waals surface area contributed by atoms with Crippen LogP contribution in [0.5, 0.6) is 0 Å². The largest absolute Gasteiger partial charge is 0.399 e. The molecule has 0 unspecified atom stereocenters. The zero-order valence-corrected chi connectivity index (χ0v) is 12.2. The van der Waals surface area contributed by atoms with E-state index in [1.165, 1.54) is 6.42 Å². The highest BCUT2D eigenvalue weighted by Crippen LogP contribution is 2.26. The van der Waals surface area contributed by atoms with Gasteiger partial charge in [0, 0.05) is 5.69 Å². The molecule has 1 aliphatic rings. The van der Waals surface area contributed by atoms with Gasteiger partial charge in [0.15, 0.2) is 0 Å². The van der Waals surface area contributed by atoms with E-state index < -0.39 is 10.0 Å². The SMILES string of the molecule is Cc1ccc(N)cc1NS(=O)(=O)CC1CCCCC1.